The largest absolute Gasteiger partial charge is 0.465 e. The maximum absolute atomic E-state index is 11.4. The van der Waals surface area contributed by atoms with E-state index in [-0.39, 0.29) is 12.5 Å². The second-order valence-electron chi connectivity index (χ2n) is 4.14. The molecule has 0 bridgehead atoms. The molecule has 0 N–H and O–H groups in total. The molecule has 1 aromatic rings. The van der Waals surface area contributed by atoms with Crippen molar-refractivity contribution in [3.63, 3.8) is 0 Å². The molecule has 0 fully saturated rings. The molecule has 0 spiro atoms. The van der Waals surface area contributed by atoms with E-state index in [0.717, 1.165) is 30.8 Å². The summed E-state index contributed by atoms with van der Waals surface area (Å²) in [5.41, 5.74) is 2.30. The summed E-state index contributed by atoms with van der Waals surface area (Å²) in [5.74, 6) is 0.640. The van der Waals surface area contributed by atoms with Gasteiger partial charge in [0.2, 0.25) is 0 Å². The second-order valence-corrected chi connectivity index (χ2v) is 4.14. The highest BCUT2D eigenvalue weighted by molar-refractivity contribution is 5.75. The van der Waals surface area contributed by atoms with Crippen LogP contribution in [0.25, 0.3) is 0 Å². The van der Waals surface area contributed by atoms with Gasteiger partial charge in [0.05, 0.1) is 6.61 Å². The number of likely N-dealkylation sites (N-methyl/N-ethyl adjacent to an activating group) is 1. The molecule has 0 radical (unpaired) electrons. The van der Waals surface area contributed by atoms with Crippen LogP contribution in [0, 0.1) is 0 Å². The van der Waals surface area contributed by atoms with Crippen LogP contribution in [0.15, 0.2) is 6.33 Å². The van der Waals surface area contributed by atoms with E-state index in [0.29, 0.717) is 6.61 Å². The quantitative estimate of drug-likeness (QED) is 0.728. The average molecular weight is 235 g/mol. The number of hydrogen-bond donors (Lipinski definition) is 0. The van der Waals surface area contributed by atoms with Crippen LogP contribution in [-0.4, -0.2) is 36.1 Å². The Labute approximate surface area is 101 Å². The Balaban J connectivity index is 2.12. The van der Waals surface area contributed by atoms with Gasteiger partial charge in [-0.1, -0.05) is 0 Å². The molecule has 1 aromatic heterocycles. The number of aryl methyl sites for hydroxylation is 1. The van der Waals surface area contributed by atoms with Gasteiger partial charge in [0.1, 0.15) is 18.7 Å². The first kappa shape index (κ1) is 11.8. The van der Waals surface area contributed by atoms with Crippen LogP contribution in [0.1, 0.15) is 24.6 Å². The number of nitrogens with zero attached hydrogens (tertiary/aromatic N) is 3. The van der Waals surface area contributed by atoms with Gasteiger partial charge in [-0.15, -0.1) is 0 Å². The Kier molecular flexibility index (Phi) is 3.56. The summed E-state index contributed by atoms with van der Waals surface area (Å²) in [4.78, 5) is 21.8. The zero-order valence-corrected chi connectivity index (χ0v) is 10.3. The molecule has 5 heteroatoms. The van der Waals surface area contributed by atoms with Crippen molar-refractivity contribution < 1.29 is 9.53 Å². The van der Waals surface area contributed by atoms with Crippen molar-refractivity contribution in [2.24, 2.45) is 0 Å². The first-order valence-corrected chi connectivity index (χ1v) is 5.92. The topological polar surface area (TPSA) is 55.3 Å². The summed E-state index contributed by atoms with van der Waals surface area (Å²) in [6, 6.07) is 0. The highest BCUT2D eigenvalue weighted by Crippen LogP contribution is 2.26. The number of rotatable bonds is 4. The van der Waals surface area contributed by atoms with E-state index in [9.17, 15) is 4.79 Å². The highest BCUT2D eigenvalue weighted by atomic mass is 16.5. The molecule has 1 heterocycles. The summed E-state index contributed by atoms with van der Waals surface area (Å²) in [6.07, 6.45) is 4.70. The van der Waals surface area contributed by atoms with Crippen molar-refractivity contribution in [2.75, 3.05) is 25.1 Å². The molecule has 0 saturated heterocycles. The number of esters is 1. The first-order chi connectivity index (χ1) is 8.22. The number of carbonyl (C=O) groups is 1. The summed E-state index contributed by atoms with van der Waals surface area (Å²) in [5, 5.41) is 0. The van der Waals surface area contributed by atoms with E-state index in [1.54, 1.807) is 13.3 Å². The molecule has 2 rings (SSSR count). The van der Waals surface area contributed by atoms with Crippen molar-refractivity contribution in [3.05, 3.63) is 17.6 Å². The number of carbonyl (C=O) groups excluding carboxylic acids is 1. The minimum Gasteiger partial charge on any atom is -0.465 e. The smallest absolute Gasteiger partial charge is 0.325 e. The zero-order chi connectivity index (χ0) is 12.3. The van der Waals surface area contributed by atoms with Gasteiger partial charge in [0.15, 0.2) is 0 Å². The molecule has 1 aliphatic carbocycles. The fourth-order valence-electron chi connectivity index (χ4n) is 2.15. The molecule has 0 aromatic carbocycles. The predicted octanol–water partition coefficient (Wildman–Crippen LogP) is 0.965. The number of aromatic nitrogens is 2. The Bertz CT molecular complexity index is 420. The molecule has 0 amide bonds. The molecule has 0 atom stereocenters. The van der Waals surface area contributed by atoms with Gasteiger partial charge in [-0.2, -0.15) is 0 Å². The lowest BCUT2D eigenvalue weighted by atomic mass is 10.2. The van der Waals surface area contributed by atoms with Gasteiger partial charge in [-0.05, 0) is 26.2 Å². The summed E-state index contributed by atoms with van der Waals surface area (Å²) in [6.45, 7) is 2.45. The van der Waals surface area contributed by atoms with Gasteiger partial charge in [-0.3, -0.25) is 4.79 Å². The maximum atomic E-state index is 11.4. The average Bonchev–Trinajstić information content (AvgIpc) is 2.76. The summed E-state index contributed by atoms with van der Waals surface area (Å²) < 4.78 is 4.93. The Morgan fingerprint density at radius 3 is 3.06 bits per heavy atom. The maximum Gasteiger partial charge on any atom is 0.325 e. The molecule has 5 nitrogen and oxygen atoms in total. The lowest BCUT2D eigenvalue weighted by Crippen LogP contribution is -2.28. The highest BCUT2D eigenvalue weighted by Gasteiger charge is 2.20. The Morgan fingerprint density at radius 1 is 1.47 bits per heavy atom. The third kappa shape index (κ3) is 2.54. The number of anilines is 1. The monoisotopic (exact) mass is 235 g/mol. The van der Waals surface area contributed by atoms with Crippen molar-refractivity contribution in [1.29, 1.82) is 0 Å². The first-order valence-electron chi connectivity index (χ1n) is 5.92. The second kappa shape index (κ2) is 5.12. The van der Waals surface area contributed by atoms with Crippen LogP contribution in [-0.2, 0) is 22.4 Å². The summed E-state index contributed by atoms with van der Waals surface area (Å²) >= 11 is 0. The minimum absolute atomic E-state index is 0.222. The SMILES string of the molecule is CCOC(=O)CN(C)c1ncnc2c1CCC2. The van der Waals surface area contributed by atoms with Gasteiger partial charge in [-0.25, -0.2) is 9.97 Å². The molecular weight excluding hydrogens is 218 g/mol. The lowest BCUT2D eigenvalue weighted by molar-refractivity contribution is -0.141. The number of hydrogen-bond acceptors (Lipinski definition) is 5. The normalized spacial score (nSPS) is 13.3. The predicted molar refractivity (Wildman–Crippen MR) is 64.0 cm³/mol. The van der Waals surface area contributed by atoms with Crippen LogP contribution in [0.2, 0.25) is 0 Å². The van der Waals surface area contributed by atoms with Crippen LogP contribution in [0.4, 0.5) is 5.82 Å². The van der Waals surface area contributed by atoms with Gasteiger partial charge in [0, 0.05) is 18.3 Å². The third-order valence-corrected chi connectivity index (χ3v) is 2.89. The fourth-order valence-corrected chi connectivity index (χ4v) is 2.15. The third-order valence-electron chi connectivity index (χ3n) is 2.89. The molecule has 17 heavy (non-hydrogen) atoms. The Hall–Kier alpha value is -1.65. The van der Waals surface area contributed by atoms with Crippen LogP contribution < -0.4 is 4.90 Å². The fraction of sp³-hybridized carbons (Fsp3) is 0.583. The summed E-state index contributed by atoms with van der Waals surface area (Å²) in [7, 11) is 1.86. The van der Waals surface area contributed by atoms with Crippen molar-refractivity contribution >= 4 is 11.8 Å². The molecule has 0 aliphatic heterocycles. The van der Waals surface area contributed by atoms with Crippen LogP contribution >= 0.6 is 0 Å². The van der Waals surface area contributed by atoms with Crippen LogP contribution in [0.5, 0.6) is 0 Å². The molecule has 0 saturated carbocycles. The van der Waals surface area contributed by atoms with Gasteiger partial charge >= 0.3 is 5.97 Å². The van der Waals surface area contributed by atoms with Crippen molar-refractivity contribution in [1.82, 2.24) is 9.97 Å². The lowest BCUT2D eigenvalue weighted by Gasteiger charge is -2.19. The van der Waals surface area contributed by atoms with E-state index in [2.05, 4.69) is 9.97 Å². The van der Waals surface area contributed by atoms with Crippen LogP contribution in [0.3, 0.4) is 0 Å². The van der Waals surface area contributed by atoms with Crippen molar-refractivity contribution in [2.45, 2.75) is 26.2 Å². The minimum atomic E-state index is -0.222. The molecular formula is C12H17N3O2. The molecule has 1 aliphatic rings. The van der Waals surface area contributed by atoms with Gasteiger partial charge < -0.3 is 9.64 Å². The zero-order valence-electron chi connectivity index (χ0n) is 10.3. The van der Waals surface area contributed by atoms with E-state index in [4.69, 9.17) is 4.74 Å². The van der Waals surface area contributed by atoms with E-state index in [1.165, 1.54) is 5.56 Å². The van der Waals surface area contributed by atoms with E-state index in [1.807, 2.05) is 11.9 Å². The van der Waals surface area contributed by atoms with E-state index >= 15 is 0 Å². The van der Waals surface area contributed by atoms with E-state index < -0.39 is 0 Å². The van der Waals surface area contributed by atoms with Gasteiger partial charge in [0.25, 0.3) is 0 Å². The molecule has 92 valence electrons. The standard InChI is InChI=1S/C12H17N3O2/c1-3-17-11(16)7-15(2)12-9-5-4-6-10(9)13-8-14-12/h8H,3-7H2,1-2H3. The number of fused-ring (bicyclic) bond motifs is 1. The van der Waals surface area contributed by atoms with Crippen molar-refractivity contribution in [3.8, 4) is 0 Å². The Morgan fingerprint density at radius 2 is 2.29 bits per heavy atom. The molecule has 0 unspecified atom stereocenters. The number of ether oxygens (including phenoxy) is 1.